The van der Waals surface area contributed by atoms with Crippen LogP contribution in [0.1, 0.15) is 50.9 Å². The Balaban J connectivity index is 0.000000425. The third-order valence-corrected chi connectivity index (χ3v) is 2.35. The fourth-order valence-corrected chi connectivity index (χ4v) is 1.29. The molecule has 1 aromatic carbocycles. The van der Waals surface area contributed by atoms with Gasteiger partial charge in [-0.3, -0.25) is 4.79 Å². The number of carbonyl (C=O) groups excluding carboxylic acids is 1. The van der Waals surface area contributed by atoms with Crippen LogP contribution in [-0.2, 0) is 14.5 Å². The maximum atomic E-state index is 10.6. The smallest absolute Gasteiger partial charge is 0.450 e. The normalized spacial score (nSPS) is 10.4. The standard InChI is InChI=1S/C8H16O5.C8H8O/c1-4-5-6-11-13-8(2,3)12-7(9)10;1-7(9)8-5-3-2-4-6-8/h4-6H2,1-3H3,(H,9,10);2-6H,1H3. The molecule has 0 bridgehead atoms. The fraction of sp³-hybridized carbons (Fsp3) is 0.500. The molecule has 0 atom stereocenters. The molecule has 1 N–H and O–H groups in total. The maximum absolute atomic E-state index is 10.6. The van der Waals surface area contributed by atoms with Crippen LogP contribution in [0.4, 0.5) is 4.79 Å². The summed E-state index contributed by atoms with van der Waals surface area (Å²) in [5, 5.41) is 8.29. The number of unbranched alkanes of at least 4 members (excludes halogenated alkanes) is 1. The van der Waals surface area contributed by atoms with Gasteiger partial charge in [-0.2, -0.15) is 4.89 Å². The minimum absolute atomic E-state index is 0.121. The second kappa shape index (κ2) is 10.8. The summed E-state index contributed by atoms with van der Waals surface area (Å²) < 4.78 is 4.39. The summed E-state index contributed by atoms with van der Waals surface area (Å²) in [6.45, 7) is 6.95. The highest BCUT2D eigenvalue weighted by Crippen LogP contribution is 2.11. The SMILES string of the molecule is CC(=O)c1ccccc1.CCCCOOC(C)(C)OC(=O)O. The number of benzene rings is 1. The van der Waals surface area contributed by atoms with E-state index in [-0.39, 0.29) is 5.78 Å². The van der Waals surface area contributed by atoms with Gasteiger partial charge in [-0.05, 0) is 13.3 Å². The summed E-state index contributed by atoms with van der Waals surface area (Å²) in [5.41, 5.74) is 0.775. The third kappa shape index (κ3) is 10.8. The lowest BCUT2D eigenvalue weighted by atomic mass is 10.2. The first kappa shape index (κ1) is 20.1. The van der Waals surface area contributed by atoms with E-state index < -0.39 is 11.9 Å². The average molecular weight is 312 g/mol. The summed E-state index contributed by atoms with van der Waals surface area (Å²) >= 11 is 0. The topological polar surface area (TPSA) is 82.1 Å². The van der Waals surface area contributed by atoms with Gasteiger partial charge < -0.3 is 9.84 Å². The van der Waals surface area contributed by atoms with Crippen molar-refractivity contribution in [3.05, 3.63) is 35.9 Å². The lowest BCUT2D eigenvalue weighted by Crippen LogP contribution is -2.31. The molecule has 0 aliphatic carbocycles. The van der Waals surface area contributed by atoms with Crippen molar-refractivity contribution in [3.63, 3.8) is 0 Å². The van der Waals surface area contributed by atoms with Gasteiger partial charge in [0.25, 0.3) is 0 Å². The summed E-state index contributed by atoms with van der Waals surface area (Å²) in [4.78, 5) is 30.3. The molecule has 0 aromatic heterocycles. The van der Waals surface area contributed by atoms with Gasteiger partial charge in [0.2, 0.25) is 5.79 Å². The van der Waals surface area contributed by atoms with Crippen LogP contribution in [0, 0.1) is 0 Å². The highest BCUT2D eigenvalue weighted by atomic mass is 17.2. The van der Waals surface area contributed by atoms with E-state index in [1.54, 1.807) is 6.92 Å². The number of carboxylic acid groups (broad SMARTS) is 1. The second-order valence-electron chi connectivity index (χ2n) is 4.95. The zero-order valence-corrected chi connectivity index (χ0v) is 13.5. The van der Waals surface area contributed by atoms with Crippen LogP contribution in [0.15, 0.2) is 30.3 Å². The fourth-order valence-electron chi connectivity index (χ4n) is 1.29. The Hall–Kier alpha value is -1.92. The van der Waals surface area contributed by atoms with E-state index in [1.165, 1.54) is 13.8 Å². The first-order valence-electron chi connectivity index (χ1n) is 7.07. The van der Waals surface area contributed by atoms with Crippen LogP contribution in [0.25, 0.3) is 0 Å². The van der Waals surface area contributed by atoms with Crippen molar-refractivity contribution >= 4 is 11.9 Å². The van der Waals surface area contributed by atoms with Gasteiger partial charge in [0.1, 0.15) is 0 Å². The van der Waals surface area contributed by atoms with Crippen molar-refractivity contribution in [1.82, 2.24) is 0 Å². The average Bonchev–Trinajstić information content (AvgIpc) is 2.44. The molecule has 0 saturated carbocycles. The first-order valence-corrected chi connectivity index (χ1v) is 7.07. The van der Waals surface area contributed by atoms with Crippen LogP contribution >= 0.6 is 0 Å². The molecule has 0 unspecified atom stereocenters. The molecule has 0 amide bonds. The van der Waals surface area contributed by atoms with Crippen LogP contribution in [0.3, 0.4) is 0 Å². The Labute approximate surface area is 130 Å². The Morgan fingerprint density at radius 2 is 1.77 bits per heavy atom. The van der Waals surface area contributed by atoms with Crippen LogP contribution in [0.5, 0.6) is 0 Å². The van der Waals surface area contributed by atoms with Gasteiger partial charge >= 0.3 is 6.16 Å². The van der Waals surface area contributed by atoms with E-state index in [1.807, 2.05) is 37.3 Å². The number of hydrogen-bond acceptors (Lipinski definition) is 5. The largest absolute Gasteiger partial charge is 0.508 e. The first-order chi connectivity index (χ1) is 10.3. The van der Waals surface area contributed by atoms with Crippen molar-refractivity contribution in [2.24, 2.45) is 0 Å². The molecule has 0 aliphatic heterocycles. The summed E-state index contributed by atoms with van der Waals surface area (Å²) in [6.07, 6.45) is 0.469. The molecule has 0 heterocycles. The Bertz CT molecular complexity index is 441. The molecule has 0 saturated heterocycles. The zero-order chi connectivity index (χ0) is 17.0. The summed E-state index contributed by atoms with van der Waals surface area (Å²) in [7, 11) is 0. The van der Waals surface area contributed by atoms with Gasteiger partial charge in [-0.25, -0.2) is 9.68 Å². The van der Waals surface area contributed by atoms with Crippen molar-refractivity contribution in [2.75, 3.05) is 6.61 Å². The highest BCUT2D eigenvalue weighted by molar-refractivity contribution is 5.93. The van der Waals surface area contributed by atoms with E-state index in [9.17, 15) is 9.59 Å². The van der Waals surface area contributed by atoms with Gasteiger partial charge in [0.15, 0.2) is 5.78 Å². The number of ketones is 1. The van der Waals surface area contributed by atoms with Gasteiger partial charge in [0, 0.05) is 19.4 Å². The molecule has 1 rings (SSSR count). The lowest BCUT2D eigenvalue weighted by Gasteiger charge is -2.21. The number of Topliss-reactive ketones (excluding diaryl/α,β-unsaturated/α-hetero) is 1. The third-order valence-electron chi connectivity index (χ3n) is 2.35. The molecule has 6 nitrogen and oxygen atoms in total. The maximum Gasteiger partial charge on any atom is 0.508 e. The molecule has 22 heavy (non-hydrogen) atoms. The minimum atomic E-state index is -1.39. The summed E-state index contributed by atoms with van der Waals surface area (Å²) in [6, 6.07) is 9.23. The van der Waals surface area contributed by atoms with E-state index in [4.69, 9.17) is 14.9 Å². The predicted molar refractivity (Wildman–Crippen MR) is 81.6 cm³/mol. The van der Waals surface area contributed by atoms with E-state index >= 15 is 0 Å². The van der Waals surface area contributed by atoms with Gasteiger partial charge in [-0.15, -0.1) is 0 Å². The second-order valence-corrected chi connectivity index (χ2v) is 4.95. The molecule has 0 fully saturated rings. The van der Waals surface area contributed by atoms with Crippen LogP contribution in [-0.4, -0.2) is 29.4 Å². The van der Waals surface area contributed by atoms with E-state index in [0.29, 0.717) is 6.61 Å². The molecular formula is C16H24O6. The van der Waals surface area contributed by atoms with Crippen LogP contribution < -0.4 is 0 Å². The van der Waals surface area contributed by atoms with Crippen molar-refractivity contribution in [2.45, 2.75) is 46.3 Å². The molecule has 0 aliphatic rings. The van der Waals surface area contributed by atoms with Crippen molar-refractivity contribution < 1.29 is 29.2 Å². The number of rotatable bonds is 7. The molecule has 6 heteroatoms. The highest BCUT2D eigenvalue weighted by Gasteiger charge is 2.24. The number of carbonyl (C=O) groups is 2. The quantitative estimate of drug-likeness (QED) is 0.204. The van der Waals surface area contributed by atoms with E-state index in [0.717, 1.165) is 18.4 Å². The Morgan fingerprint density at radius 1 is 1.18 bits per heavy atom. The van der Waals surface area contributed by atoms with Crippen molar-refractivity contribution in [3.8, 4) is 0 Å². The molecule has 124 valence electrons. The predicted octanol–water partition coefficient (Wildman–Crippen LogP) is 4.05. The van der Waals surface area contributed by atoms with Gasteiger partial charge in [-0.1, -0.05) is 43.7 Å². The monoisotopic (exact) mass is 312 g/mol. The Morgan fingerprint density at radius 3 is 2.18 bits per heavy atom. The van der Waals surface area contributed by atoms with Gasteiger partial charge in [0.05, 0.1) is 6.61 Å². The minimum Gasteiger partial charge on any atom is -0.450 e. The zero-order valence-electron chi connectivity index (χ0n) is 13.5. The number of hydrogen-bond donors (Lipinski definition) is 1. The van der Waals surface area contributed by atoms with E-state index in [2.05, 4.69) is 4.74 Å². The Kier molecular flexibility index (Phi) is 9.82. The molecule has 0 radical (unpaired) electrons. The number of ether oxygens (including phenoxy) is 1. The van der Waals surface area contributed by atoms with Crippen molar-refractivity contribution in [1.29, 1.82) is 0 Å². The lowest BCUT2D eigenvalue weighted by molar-refractivity contribution is -0.406. The molecule has 1 aromatic rings. The van der Waals surface area contributed by atoms with Crippen LogP contribution in [0.2, 0.25) is 0 Å². The molecule has 0 spiro atoms. The summed E-state index contributed by atoms with van der Waals surface area (Å²) in [5.74, 6) is -1.13. The molecular weight excluding hydrogens is 288 g/mol.